The predicted octanol–water partition coefficient (Wildman–Crippen LogP) is 3.72. The van der Waals surface area contributed by atoms with E-state index in [2.05, 4.69) is 20.2 Å². The summed E-state index contributed by atoms with van der Waals surface area (Å²) in [6.45, 7) is 3.38. The molecule has 0 bridgehead atoms. The zero-order valence-corrected chi connectivity index (χ0v) is 13.0. The van der Waals surface area contributed by atoms with Gasteiger partial charge in [0, 0.05) is 19.3 Å². The molecule has 1 N–H and O–H groups in total. The van der Waals surface area contributed by atoms with Gasteiger partial charge in [-0.25, -0.2) is 0 Å². The van der Waals surface area contributed by atoms with E-state index in [0.29, 0.717) is 16.4 Å². The number of aryl methyl sites for hydroxylation is 1. The second-order valence-electron chi connectivity index (χ2n) is 4.50. The molecule has 3 aromatic heterocycles. The Balaban J connectivity index is 0.000000172. The Bertz CT molecular complexity index is 741. The van der Waals surface area contributed by atoms with Crippen molar-refractivity contribution in [2.45, 2.75) is 13.8 Å². The number of aromatic amines is 1. The molecule has 6 heteroatoms. The number of rotatable bonds is 2. The molecule has 0 aromatic carbocycles. The van der Waals surface area contributed by atoms with Crippen molar-refractivity contribution < 1.29 is 4.79 Å². The van der Waals surface area contributed by atoms with Gasteiger partial charge in [0.25, 0.3) is 0 Å². The molecule has 0 amide bonds. The van der Waals surface area contributed by atoms with Gasteiger partial charge in [-0.05, 0) is 31.2 Å². The number of Topliss-reactive ketones (excluding diaryl/α,β-unsaturated/α-hetero) is 1. The molecular formula is C16H15ClN4O. The molecule has 0 saturated heterocycles. The first-order valence-electron chi connectivity index (χ1n) is 6.63. The third kappa shape index (κ3) is 3.99. The van der Waals surface area contributed by atoms with Crippen LogP contribution in [0, 0.1) is 6.92 Å². The Kier molecular flexibility index (Phi) is 5.38. The van der Waals surface area contributed by atoms with Crippen LogP contribution in [0.2, 0.25) is 5.02 Å². The average molecular weight is 315 g/mol. The standard InChI is InChI=1S/C9H8ClN3.C7H7NO/c1-6-8(10)9(13-12-6)7-4-2-3-5-11-7;1-6(9)7-4-2-3-5-8-7/h2-5H,1H3,(H,12,13);2-5H,1H3. The lowest BCUT2D eigenvalue weighted by Crippen LogP contribution is -1.93. The number of aromatic nitrogens is 4. The molecule has 0 saturated carbocycles. The van der Waals surface area contributed by atoms with Crippen LogP contribution in [-0.4, -0.2) is 25.9 Å². The second-order valence-corrected chi connectivity index (χ2v) is 4.88. The van der Waals surface area contributed by atoms with E-state index in [1.807, 2.05) is 25.1 Å². The van der Waals surface area contributed by atoms with E-state index in [1.165, 1.54) is 6.92 Å². The number of nitrogens with one attached hydrogen (secondary N) is 1. The first-order valence-corrected chi connectivity index (χ1v) is 7.01. The Hall–Kier alpha value is -2.53. The van der Waals surface area contributed by atoms with Gasteiger partial charge in [0.1, 0.15) is 11.4 Å². The Morgan fingerprint density at radius 1 is 1.09 bits per heavy atom. The number of pyridine rings is 2. The molecule has 0 aliphatic heterocycles. The van der Waals surface area contributed by atoms with Gasteiger partial charge >= 0.3 is 0 Å². The smallest absolute Gasteiger partial charge is 0.178 e. The van der Waals surface area contributed by atoms with Crippen molar-refractivity contribution >= 4 is 17.4 Å². The summed E-state index contributed by atoms with van der Waals surface area (Å²) in [6.07, 6.45) is 3.33. The summed E-state index contributed by atoms with van der Waals surface area (Å²) in [4.78, 5) is 18.6. The highest BCUT2D eigenvalue weighted by molar-refractivity contribution is 6.33. The summed E-state index contributed by atoms with van der Waals surface area (Å²) in [5.41, 5.74) is 2.89. The summed E-state index contributed by atoms with van der Waals surface area (Å²) in [7, 11) is 0. The fraction of sp³-hybridized carbons (Fsp3) is 0.125. The number of carbonyl (C=O) groups excluding carboxylic acids is 1. The van der Waals surface area contributed by atoms with Crippen molar-refractivity contribution in [1.29, 1.82) is 0 Å². The number of carbonyl (C=O) groups is 1. The molecule has 5 nitrogen and oxygen atoms in total. The van der Waals surface area contributed by atoms with E-state index >= 15 is 0 Å². The maximum atomic E-state index is 10.6. The first-order chi connectivity index (χ1) is 10.6. The van der Waals surface area contributed by atoms with Crippen LogP contribution in [0.1, 0.15) is 23.1 Å². The highest BCUT2D eigenvalue weighted by Gasteiger charge is 2.09. The van der Waals surface area contributed by atoms with Gasteiger partial charge in [0.15, 0.2) is 5.78 Å². The monoisotopic (exact) mass is 314 g/mol. The molecule has 0 aliphatic carbocycles. The minimum atomic E-state index is 0.00981. The number of H-pyrrole nitrogens is 1. The van der Waals surface area contributed by atoms with E-state index in [0.717, 1.165) is 11.4 Å². The van der Waals surface area contributed by atoms with Crippen molar-refractivity contribution in [3.05, 3.63) is 65.2 Å². The molecule has 0 fully saturated rings. The molecular weight excluding hydrogens is 300 g/mol. The highest BCUT2D eigenvalue weighted by Crippen LogP contribution is 2.25. The van der Waals surface area contributed by atoms with Gasteiger partial charge in [-0.2, -0.15) is 5.10 Å². The average Bonchev–Trinajstić information content (AvgIpc) is 2.89. The number of ketones is 1. The van der Waals surface area contributed by atoms with Crippen LogP contribution in [0.3, 0.4) is 0 Å². The molecule has 0 aliphatic rings. The highest BCUT2D eigenvalue weighted by atomic mass is 35.5. The normalized spacial score (nSPS) is 9.77. The predicted molar refractivity (Wildman–Crippen MR) is 85.8 cm³/mol. The van der Waals surface area contributed by atoms with Crippen molar-refractivity contribution in [1.82, 2.24) is 20.2 Å². The second kappa shape index (κ2) is 7.47. The van der Waals surface area contributed by atoms with Crippen LogP contribution in [-0.2, 0) is 0 Å². The molecule has 112 valence electrons. The van der Waals surface area contributed by atoms with Gasteiger partial charge in [-0.1, -0.05) is 23.7 Å². The number of hydrogen-bond donors (Lipinski definition) is 1. The fourth-order valence-electron chi connectivity index (χ4n) is 1.66. The van der Waals surface area contributed by atoms with Crippen molar-refractivity contribution in [2.24, 2.45) is 0 Å². The van der Waals surface area contributed by atoms with Gasteiger partial charge in [0.05, 0.1) is 16.4 Å². The maximum absolute atomic E-state index is 10.6. The van der Waals surface area contributed by atoms with Gasteiger partial charge in [-0.15, -0.1) is 0 Å². The molecule has 0 radical (unpaired) electrons. The Morgan fingerprint density at radius 2 is 1.77 bits per heavy atom. The minimum absolute atomic E-state index is 0.00981. The lowest BCUT2D eigenvalue weighted by molar-refractivity contribution is 0.101. The topological polar surface area (TPSA) is 71.5 Å². The quantitative estimate of drug-likeness (QED) is 0.732. The van der Waals surface area contributed by atoms with Crippen molar-refractivity contribution in [2.75, 3.05) is 0 Å². The molecule has 22 heavy (non-hydrogen) atoms. The van der Waals surface area contributed by atoms with Crippen LogP contribution in [0.5, 0.6) is 0 Å². The van der Waals surface area contributed by atoms with E-state index in [-0.39, 0.29) is 5.78 Å². The van der Waals surface area contributed by atoms with E-state index < -0.39 is 0 Å². The molecule has 0 unspecified atom stereocenters. The van der Waals surface area contributed by atoms with E-state index in [4.69, 9.17) is 11.6 Å². The van der Waals surface area contributed by atoms with Crippen LogP contribution in [0.25, 0.3) is 11.4 Å². The number of hydrogen-bond acceptors (Lipinski definition) is 4. The summed E-state index contributed by atoms with van der Waals surface area (Å²) in [5.74, 6) is 0.00981. The largest absolute Gasteiger partial charge is 0.293 e. The van der Waals surface area contributed by atoms with Crippen LogP contribution in [0.4, 0.5) is 0 Å². The van der Waals surface area contributed by atoms with E-state index in [1.54, 1.807) is 30.6 Å². The zero-order valence-electron chi connectivity index (χ0n) is 12.2. The van der Waals surface area contributed by atoms with Crippen LogP contribution >= 0.6 is 11.6 Å². The van der Waals surface area contributed by atoms with Gasteiger partial charge < -0.3 is 0 Å². The molecule has 0 spiro atoms. The number of nitrogens with zero attached hydrogens (tertiary/aromatic N) is 3. The minimum Gasteiger partial charge on any atom is -0.293 e. The van der Waals surface area contributed by atoms with Crippen molar-refractivity contribution in [3.8, 4) is 11.4 Å². The lowest BCUT2D eigenvalue weighted by Gasteiger charge is -1.94. The van der Waals surface area contributed by atoms with Gasteiger partial charge in [-0.3, -0.25) is 19.9 Å². The molecule has 0 atom stereocenters. The van der Waals surface area contributed by atoms with Crippen LogP contribution in [0.15, 0.2) is 48.8 Å². The summed E-state index contributed by atoms with van der Waals surface area (Å²) in [5, 5.41) is 7.52. The summed E-state index contributed by atoms with van der Waals surface area (Å²) < 4.78 is 0. The summed E-state index contributed by atoms with van der Waals surface area (Å²) in [6, 6.07) is 10.9. The van der Waals surface area contributed by atoms with Crippen LogP contribution < -0.4 is 0 Å². The number of halogens is 1. The van der Waals surface area contributed by atoms with E-state index in [9.17, 15) is 4.79 Å². The Labute approximate surface area is 133 Å². The molecule has 3 aromatic rings. The fourth-order valence-corrected chi connectivity index (χ4v) is 1.84. The molecule has 3 heterocycles. The van der Waals surface area contributed by atoms with Gasteiger partial charge in [0.2, 0.25) is 0 Å². The summed E-state index contributed by atoms with van der Waals surface area (Å²) >= 11 is 6.01. The first kappa shape index (κ1) is 15.9. The maximum Gasteiger partial charge on any atom is 0.178 e. The third-order valence-electron chi connectivity index (χ3n) is 2.81. The molecule has 3 rings (SSSR count). The lowest BCUT2D eigenvalue weighted by atomic mass is 10.2. The zero-order chi connectivity index (χ0) is 15.9. The van der Waals surface area contributed by atoms with Crippen molar-refractivity contribution in [3.63, 3.8) is 0 Å². The SMILES string of the molecule is CC(=O)c1ccccn1.Cc1[nH]nc(-c2ccccn2)c1Cl. The third-order valence-corrected chi connectivity index (χ3v) is 3.27. The Morgan fingerprint density at radius 3 is 2.18 bits per heavy atom.